The van der Waals surface area contributed by atoms with Gasteiger partial charge in [0.05, 0.1) is 11.9 Å². The van der Waals surface area contributed by atoms with Crippen LogP contribution in [0.2, 0.25) is 0 Å². The van der Waals surface area contributed by atoms with E-state index in [0.29, 0.717) is 18.0 Å². The highest BCUT2D eigenvalue weighted by Gasteiger charge is 2.39. The van der Waals surface area contributed by atoms with Gasteiger partial charge in [0.25, 0.3) is 0 Å². The highest BCUT2D eigenvalue weighted by Crippen LogP contribution is 2.22. The minimum absolute atomic E-state index is 0.0613. The van der Waals surface area contributed by atoms with Gasteiger partial charge in [-0.05, 0) is 31.4 Å². The van der Waals surface area contributed by atoms with Crippen LogP contribution in [-0.2, 0) is 9.59 Å². The second-order valence-electron chi connectivity index (χ2n) is 5.29. The molecule has 2 unspecified atom stereocenters. The van der Waals surface area contributed by atoms with Gasteiger partial charge in [-0.2, -0.15) is 0 Å². The second kappa shape index (κ2) is 5.38. The van der Waals surface area contributed by atoms with Crippen LogP contribution < -0.4 is 10.2 Å². The van der Waals surface area contributed by atoms with Crippen molar-refractivity contribution in [1.82, 2.24) is 10.3 Å². The molecule has 1 aromatic rings. The van der Waals surface area contributed by atoms with Crippen LogP contribution in [0.15, 0.2) is 24.5 Å². The lowest BCUT2D eigenvalue weighted by Crippen LogP contribution is -2.63. The Balaban J connectivity index is 2.29. The molecule has 1 saturated heterocycles. The number of anilines is 1. The van der Waals surface area contributed by atoms with Gasteiger partial charge in [-0.1, -0.05) is 13.8 Å². The number of carbonyl (C=O) groups is 2. The van der Waals surface area contributed by atoms with E-state index in [1.54, 1.807) is 36.4 Å². The largest absolute Gasteiger partial charge is 0.342 e. The Hall–Kier alpha value is -1.91. The number of carbonyl (C=O) groups excluding carboxylic acids is 2. The number of pyridine rings is 1. The summed E-state index contributed by atoms with van der Waals surface area (Å²) in [6.45, 7) is 5.80. The number of amides is 2. The average molecular weight is 261 g/mol. The van der Waals surface area contributed by atoms with Crippen molar-refractivity contribution in [3.05, 3.63) is 24.5 Å². The minimum Gasteiger partial charge on any atom is -0.342 e. The van der Waals surface area contributed by atoms with Gasteiger partial charge in [0.1, 0.15) is 12.1 Å². The lowest BCUT2D eigenvalue weighted by Gasteiger charge is -2.37. The zero-order chi connectivity index (χ0) is 14.0. The number of hydrogen-bond donors (Lipinski definition) is 1. The molecule has 0 bridgehead atoms. The SMILES string of the molecule is CC(C)CC1NC(=O)C(C)N(c2cccnc2)C1=O. The van der Waals surface area contributed by atoms with Crippen molar-refractivity contribution < 1.29 is 9.59 Å². The molecule has 2 heterocycles. The molecule has 0 saturated carbocycles. The molecule has 5 nitrogen and oxygen atoms in total. The van der Waals surface area contributed by atoms with Crippen LogP contribution in [0, 0.1) is 5.92 Å². The predicted octanol–water partition coefficient (Wildman–Crippen LogP) is 1.35. The summed E-state index contributed by atoms with van der Waals surface area (Å²) in [7, 11) is 0. The predicted molar refractivity (Wildman–Crippen MR) is 72.6 cm³/mol. The first kappa shape index (κ1) is 13.5. The van der Waals surface area contributed by atoms with E-state index in [4.69, 9.17) is 0 Å². The van der Waals surface area contributed by atoms with Gasteiger partial charge < -0.3 is 5.32 Å². The van der Waals surface area contributed by atoms with Gasteiger partial charge in [-0.25, -0.2) is 0 Å². The Morgan fingerprint density at radius 3 is 2.74 bits per heavy atom. The smallest absolute Gasteiger partial charge is 0.250 e. The molecule has 1 aromatic heterocycles. The van der Waals surface area contributed by atoms with Gasteiger partial charge in [0.15, 0.2) is 0 Å². The number of piperazine rings is 1. The zero-order valence-electron chi connectivity index (χ0n) is 11.5. The maximum absolute atomic E-state index is 12.5. The monoisotopic (exact) mass is 261 g/mol. The van der Waals surface area contributed by atoms with Crippen LogP contribution in [0.3, 0.4) is 0 Å². The molecule has 0 aliphatic carbocycles. The lowest BCUT2D eigenvalue weighted by atomic mass is 9.98. The molecule has 0 spiro atoms. The number of nitrogens with one attached hydrogen (secondary N) is 1. The Bertz CT molecular complexity index is 473. The van der Waals surface area contributed by atoms with Crippen molar-refractivity contribution in [2.45, 2.75) is 39.3 Å². The summed E-state index contributed by atoms with van der Waals surface area (Å²) in [5, 5.41) is 2.80. The average Bonchev–Trinajstić information content (AvgIpc) is 2.37. The third kappa shape index (κ3) is 2.75. The molecular weight excluding hydrogens is 242 g/mol. The lowest BCUT2D eigenvalue weighted by molar-refractivity contribution is -0.133. The van der Waals surface area contributed by atoms with Gasteiger partial charge in [0.2, 0.25) is 11.8 Å². The number of nitrogens with zero attached hydrogens (tertiary/aromatic N) is 2. The molecule has 2 atom stereocenters. The summed E-state index contributed by atoms with van der Waals surface area (Å²) in [5.41, 5.74) is 0.670. The van der Waals surface area contributed by atoms with E-state index in [1.807, 2.05) is 13.8 Å². The molecule has 1 aliphatic heterocycles. The van der Waals surface area contributed by atoms with Gasteiger partial charge in [-0.3, -0.25) is 19.5 Å². The fourth-order valence-electron chi connectivity index (χ4n) is 2.31. The minimum atomic E-state index is -0.500. The third-order valence-corrected chi connectivity index (χ3v) is 3.25. The summed E-state index contributed by atoms with van der Waals surface area (Å²) in [6, 6.07) is 2.62. The first-order chi connectivity index (χ1) is 9.00. The van der Waals surface area contributed by atoms with Crippen LogP contribution in [0.1, 0.15) is 27.2 Å². The Morgan fingerprint density at radius 1 is 1.42 bits per heavy atom. The topological polar surface area (TPSA) is 62.3 Å². The van der Waals surface area contributed by atoms with E-state index in [1.165, 1.54) is 0 Å². The van der Waals surface area contributed by atoms with Gasteiger partial charge in [-0.15, -0.1) is 0 Å². The van der Waals surface area contributed by atoms with E-state index in [0.717, 1.165) is 0 Å². The van der Waals surface area contributed by atoms with E-state index < -0.39 is 12.1 Å². The Morgan fingerprint density at radius 2 is 2.16 bits per heavy atom. The summed E-state index contributed by atoms with van der Waals surface area (Å²) in [5.74, 6) is 0.168. The van der Waals surface area contributed by atoms with Crippen LogP contribution in [0.5, 0.6) is 0 Å². The van der Waals surface area contributed by atoms with Crippen LogP contribution in [-0.4, -0.2) is 28.9 Å². The molecular formula is C14H19N3O2. The van der Waals surface area contributed by atoms with Gasteiger partial charge >= 0.3 is 0 Å². The van der Waals surface area contributed by atoms with Gasteiger partial charge in [0, 0.05) is 6.20 Å². The summed E-state index contributed by atoms with van der Waals surface area (Å²) in [4.78, 5) is 30.0. The van der Waals surface area contributed by atoms with Crippen molar-refractivity contribution in [2.24, 2.45) is 5.92 Å². The first-order valence-corrected chi connectivity index (χ1v) is 6.54. The number of hydrogen-bond acceptors (Lipinski definition) is 3. The van der Waals surface area contributed by atoms with Crippen molar-refractivity contribution in [3.8, 4) is 0 Å². The molecule has 0 aromatic carbocycles. The van der Waals surface area contributed by atoms with Crippen LogP contribution in [0.4, 0.5) is 5.69 Å². The van der Waals surface area contributed by atoms with E-state index in [-0.39, 0.29) is 11.8 Å². The van der Waals surface area contributed by atoms with Crippen LogP contribution >= 0.6 is 0 Å². The van der Waals surface area contributed by atoms with Crippen LogP contribution in [0.25, 0.3) is 0 Å². The third-order valence-electron chi connectivity index (χ3n) is 3.25. The van der Waals surface area contributed by atoms with E-state index >= 15 is 0 Å². The molecule has 102 valence electrons. The van der Waals surface area contributed by atoms with Crippen molar-refractivity contribution >= 4 is 17.5 Å². The highest BCUT2D eigenvalue weighted by atomic mass is 16.2. The summed E-state index contributed by atoms with van der Waals surface area (Å²) in [6.07, 6.45) is 3.90. The molecule has 5 heteroatoms. The quantitative estimate of drug-likeness (QED) is 0.893. The van der Waals surface area contributed by atoms with E-state index in [2.05, 4.69) is 10.3 Å². The van der Waals surface area contributed by atoms with Crippen molar-refractivity contribution in [3.63, 3.8) is 0 Å². The molecule has 1 N–H and O–H groups in total. The Labute approximate surface area is 113 Å². The fourth-order valence-corrected chi connectivity index (χ4v) is 2.31. The molecule has 19 heavy (non-hydrogen) atoms. The normalized spacial score (nSPS) is 23.7. The standard InChI is InChI=1S/C14H19N3O2/c1-9(2)7-12-14(19)17(10(3)13(18)16-12)11-5-4-6-15-8-11/h4-6,8-10,12H,7H2,1-3H3,(H,16,18). The molecule has 1 aliphatic rings. The van der Waals surface area contributed by atoms with Crippen molar-refractivity contribution in [2.75, 3.05) is 4.90 Å². The molecule has 2 amide bonds. The summed E-state index contributed by atoms with van der Waals surface area (Å²) >= 11 is 0. The van der Waals surface area contributed by atoms with E-state index in [9.17, 15) is 9.59 Å². The molecule has 2 rings (SSSR count). The number of rotatable bonds is 3. The van der Waals surface area contributed by atoms with Crippen molar-refractivity contribution in [1.29, 1.82) is 0 Å². The highest BCUT2D eigenvalue weighted by molar-refractivity contribution is 6.08. The number of aromatic nitrogens is 1. The maximum atomic E-state index is 12.5. The molecule has 0 radical (unpaired) electrons. The Kier molecular flexibility index (Phi) is 3.83. The first-order valence-electron chi connectivity index (χ1n) is 6.54. The fraction of sp³-hybridized carbons (Fsp3) is 0.500. The summed E-state index contributed by atoms with van der Waals surface area (Å²) < 4.78 is 0. The zero-order valence-corrected chi connectivity index (χ0v) is 11.5. The molecule has 1 fully saturated rings. The maximum Gasteiger partial charge on any atom is 0.250 e. The second-order valence-corrected chi connectivity index (χ2v) is 5.29.